The minimum Gasteiger partial charge on any atom is -0.497 e. The highest BCUT2D eigenvalue weighted by molar-refractivity contribution is 7.92. The largest absolute Gasteiger partial charge is 0.497 e. The molecule has 0 bridgehead atoms. The fraction of sp³-hybridized carbons (Fsp3) is 0.333. The van der Waals surface area contributed by atoms with Crippen LogP contribution in [-0.2, 0) is 26.2 Å². The number of nitrogens with zero attached hydrogens (tertiary/aromatic N) is 2. The molecule has 0 aromatic heterocycles. The van der Waals surface area contributed by atoms with Crippen molar-refractivity contribution in [2.45, 2.75) is 57.6 Å². The number of hydrogen-bond donors (Lipinski definition) is 1. The van der Waals surface area contributed by atoms with Crippen molar-refractivity contribution in [3.05, 3.63) is 88.9 Å². The lowest BCUT2D eigenvalue weighted by molar-refractivity contribution is -0.140. The molecule has 3 rings (SSSR count). The molecule has 0 aliphatic heterocycles. The number of ether oxygens (including phenoxy) is 1. The van der Waals surface area contributed by atoms with Crippen molar-refractivity contribution in [3.63, 3.8) is 0 Å². The Labute approximate surface area is 241 Å². The summed E-state index contributed by atoms with van der Waals surface area (Å²) >= 11 is 5.99. The average Bonchev–Trinajstić information content (AvgIpc) is 2.89. The fourth-order valence-corrected chi connectivity index (χ4v) is 5.54. The van der Waals surface area contributed by atoms with E-state index in [1.54, 1.807) is 56.5 Å². The molecule has 1 atom stereocenters. The summed E-state index contributed by atoms with van der Waals surface area (Å²) in [5.74, 6) is -0.299. The zero-order valence-corrected chi connectivity index (χ0v) is 25.2. The number of methoxy groups -OCH3 is 1. The van der Waals surface area contributed by atoms with Gasteiger partial charge in [0.2, 0.25) is 11.8 Å². The summed E-state index contributed by atoms with van der Waals surface area (Å²) in [6.07, 6.45) is 0. The molecule has 40 heavy (non-hydrogen) atoms. The predicted molar refractivity (Wildman–Crippen MR) is 158 cm³/mol. The molecule has 0 saturated heterocycles. The van der Waals surface area contributed by atoms with Gasteiger partial charge in [0.05, 0.1) is 17.7 Å². The van der Waals surface area contributed by atoms with Crippen molar-refractivity contribution in [1.82, 2.24) is 10.2 Å². The Morgan fingerprint density at radius 1 is 1.00 bits per heavy atom. The van der Waals surface area contributed by atoms with Crippen molar-refractivity contribution in [1.29, 1.82) is 0 Å². The first-order chi connectivity index (χ1) is 18.7. The van der Waals surface area contributed by atoms with Crippen molar-refractivity contribution >= 4 is 39.1 Å². The van der Waals surface area contributed by atoms with E-state index in [0.29, 0.717) is 16.5 Å². The monoisotopic (exact) mass is 585 g/mol. The zero-order valence-electron chi connectivity index (χ0n) is 23.6. The molecule has 0 aliphatic carbocycles. The molecule has 0 heterocycles. The lowest BCUT2D eigenvalue weighted by atomic mass is 10.1. The summed E-state index contributed by atoms with van der Waals surface area (Å²) in [6.45, 7) is 8.61. The van der Waals surface area contributed by atoms with E-state index >= 15 is 0 Å². The maximum atomic E-state index is 14.0. The number of amides is 2. The number of sulfonamides is 1. The number of carbonyl (C=O) groups is 2. The minimum absolute atomic E-state index is 0.0110. The average molecular weight is 586 g/mol. The number of hydrogen-bond acceptors (Lipinski definition) is 5. The molecular formula is C30H36ClN3O5S. The molecule has 0 unspecified atom stereocenters. The Morgan fingerprint density at radius 3 is 2.20 bits per heavy atom. The van der Waals surface area contributed by atoms with Crippen molar-refractivity contribution < 1.29 is 22.7 Å². The molecule has 3 aromatic carbocycles. The van der Waals surface area contributed by atoms with E-state index in [-0.39, 0.29) is 17.3 Å². The third kappa shape index (κ3) is 7.99. The lowest BCUT2D eigenvalue weighted by Gasteiger charge is -2.33. The second-order valence-corrected chi connectivity index (χ2v) is 12.9. The third-order valence-corrected chi connectivity index (χ3v) is 8.20. The van der Waals surface area contributed by atoms with Crippen LogP contribution in [0, 0.1) is 6.92 Å². The van der Waals surface area contributed by atoms with Crippen LogP contribution in [-0.4, -0.2) is 50.4 Å². The third-order valence-electron chi connectivity index (χ3n) is 6.16. The number of anilines is 1. The summed E-state index contributed by atoms with van der Waals surface area (Å²) in [6, 6.07) is 18.9. The second-order valence-electron chi connectivity index (χ2n) is 10.6. The molecule has 2 amide bonds. The minimum atomic E-state index is -4.16. The number of rotatable bonds is 10. The molecule has 1 N–H and O–H groups in total. The van der Waals surface area contributed by atoms with Gasteiger partial charge in [-0.05, 0) is 88.7 Å². The van der Waals surface area contributed by atoms with Gasteiger partial charge in [0.15, 0.2) is 0 Å². The van der Waals surface area contributed by atoms with E-state index in [1.807, 2.05) is 33.8 Å². The Balaban J connectivity index is 2.04. The fourth-order valence-electron chi connectivity index (χ4n) is 4.00. The highest BCUT2D eigenvalue weighted by atomic mass is 35.5. The number of halogens is 1. The lowest BCUT2D eigenvalue weighted by Crippen LogP contribution is -2.54. The van der Waals surface area contributed by atoms with Crippen LogP contribution in [0.5, 0.6) is 5.75 Å². The number of carbonyl (C=O) groups excluding carboxylic acids is 2. The Morgan fingerprint density at radius 2 is 1.62 bits per heavy atom. The zero-order chi connectivity index (χ0) is 29.7. The highest BCUT2D eigenvalue weighted by Gasteiger charge is 2.33. The van der Waals surface area contributed by atoms with E-state index in [4.69, 9.17) is 16.3 Å². The van der Waals surface area contributed by atoms with E-state index in [1.165, 1.54) is 29.2 Å². The first kappa shape index (κ1) is 31.0. The van der Waals surface area contributed by atoms with Crippen LogP contribution >= 0.6 is 11.6 Å². The van der Waals surface area contributed by atoms with Gasteiger partial charge in [-0.1, -0.05) is 41.4 Å². The normalized spacial score (nSPS) is 12.4. The van der Waals surface area contributed by atoms with Gasteiger partial charge in [0.25, 0.3) is 10.0 Å². The van der Waals surface area contributed by atoms with Crippen molar-refractivity contribution in [3.8, 4) is 5.75 Å². The molecule has 0 spiro atoms. The van der Waals surface area contributed by atoms with Crippen LogP contribution in [0.1, 0.15) is 38.8 Å². The summed E-state index contributed by atoms with van der Waals surface area (Å²) in [5, 5.41) is 3.30. The summed E-state index contributed by atoms with van der Waals surface area (Å²) in [7, 11) is -2.62. The maximum Gasteiger partial charge on any atom is 0.264 e. The van der Waals surface area contributed by atoms with Crippen molar-refractivity contribution in [2.24, 2.45) is 0 Å². The van der Waals surface area contributed by atoms with Crippen LogP contribution in [0.15, 0.2) is 77.7 Å². The quantitative estimate of drug-likeness (QED) is 0.353. The Bertz CT molecular complexity index is 1440. The molecule has 8 nitrogen and oxygen atoms in total. The van der Waals surface area contributed by atoms with Gasteiger partial charge in [-0.3, -0.25) is 13.9 Å². The Kier molecular flexibility index (Phi) is 9.87. The number of nitrogens with one attached hydrogen (secondary N) is 1. The Hall–Kier alpha value is -3.56. The molecule has 0 saturated carbocycles. The number of aryl methyl sites for hydroxylation is 1. The van der Waals surface area contributed by atoms with E-state index < -0.39 is 34.1 Å². The van der Waals surface area contributed by atoms with Gasteiger partial charge in [0.1, 0.15) is 18.3 Å². The summed E-state index contributed by atoms with van der Waals surface area (Å²) < 4.78 is 34.1. The van der Waals surface area contributed by atoms with Gasteiger partial charge in [-0.2, -0.15) is 0 Å². The van der Waals surface area contributed by atoms with E-state index in [9.17, 15) is 18.0 Å². The van der Waals surface area contributed by atoms with Crippen LogP contribution in [0.2, 0.25) is 5.02 Å². The van der Waals surface area contributed by atoms with Gasteiger partial charge in [-0.25, -0.2) is 8.42 Å². The topological polar surface area (TPSA) is 96.0 Å². The first-order valence-electron chi connectivity index (χ1n) is 12.8. The molecule has 214 valence electrons. The SMILES string of the molecule is COc1cccc(CN(C(=O)CN(c2ccc(C)cc2)S(=O)(=O)c2ccc(Cl)cc2)[C@H](C)C(=O)NC(C)(C)C)c1. The van der Waals surface area contributed by atoms with Crippen LogP contribution < -0.4 is 14.4 Å². The smallest absolute Gasteiger partial charge is 0.264 e. The van der Waals surface area contributed by atoms with Gasteiger partial charge in [0, 0.05) is 17.1 Å². The van der Waals surface area contributed by atoms with Crippen LogP contribution in [0.3, 0.4) is 0 Å². The van der Waals surface area contributed by atoms with Crippen molar-refractivity contribution in [2.75, 3.05) is 18.0 Å². The molecular weight excluding hydrogens is 550 g/mol. The van der Waals surface area contributed by atoms with Gasteiger partial charge in [-0.15, -0.1) is 0 Å². The van der Waals surface area contributed by atoms with E-state index in [0.717, 1.165) is 15.4 Å². The van der Waals surface area contributed by atoms with E-state index in [2.05, 4.69) is 5.32 Å². The maximum absolute atomic E-state index is 14.0. The van der Waals surface area contributed by atoms with Gasteiger partial charge < -0.3 is 15.0 Å². The second kappa shape index (κ2) is 12.7. The molecule has 0 radical (unpaired) electrons. The highest BCUT2D eigenvalue weighted by Crippen LogP contribution is 2.26. The van der Waals surface area contributed by atoms with Crippen LogP contribution in [0.4, 0.5) is 5.69 Å². The predicted octanol–water partition coefficient (Wildman–Crippen LogP) is 5.18. The van der Waals surface area contributed by atoms with Gasteiger partial charge >= 0.3 is 0 Å². The van der Waals surface area contributed by atoms with Crippen LogP contribution in [0.25, 0.3) is 0 Å². The standard InChI is InChI=1S/C30H36ClN3O5S/c1-21-10-14-25(15-11-21)34(40(37,38)27-16-12-24(31)13-17-27)20-28(35)33(22(2)29(36)32-30(3,4)5)19-23-8-7-9-26(18-23)39-6/h7-18,22H,19-20H2,1-6H3,(H,32,36)/t22-/m1/s1. The summed E-state index contributed by atoms with van der Waals surface area (Å²) in [4.78, 5) is 28.5. The molecule has 0 aliphatic rings. The first-order valence-corrected chi connectivity index (χ1v) is 14.6. The molecule has 0 fully saturated rings. The summed E-state index contributed by atoms with van der Waals surface area (Å²) in [5.41, 5.74) is 1.46. The number of benzene rings is 3. The molecule has 10 heteroatoms. The molecule has 3 aromatic rings.